The Balaban J connectivity index is 1.30. The molecule has 1 fully saturated rings. The first-order chi connectivity index (χ1) is 12.8. The average Bonchev–Trinajstić information content (AvgIpc) is 3.29. The number of nitrogens with zero attached hydrogens (tertiary/aromatic N) is 2. The van der Waals surface area contributed by atoms with Crippen molar-refractivity contribution < 1.29 is 0 Å². The predicted molar refractivity (Wildman–Crippen MR) is 106 cm³/mol. The first kappa shape index (κ1) is 15.8. The molecule has 1 saturated heterocycles. The number of hydrogen-bond donors (Lipinski definition) is 2. The lowest BCUT2D eigenvalue weighted by molar-refractivity contribution is 0.200. The Morgan fingerprint density at radius 2 is 2.04 bits per heavy atom. The lowest BCUT2D eigenvalue weighted by Crippen LogP contribution is -2.33. The number of para-hydroxylation sites is 1. The summed E-state index contributed by atoms with van der Waals surface area (Å²) in [6, 6.07) is 10.4. The molecular formula is C20H20N4OS. The molecule has 0 radical (unpaired) electrons. The van der Waals surface area contributed by atoms with Crippen LogP contribution in [0.25, 0.3) is 21.1 Å². The van der Waals surface area contributed by atoms with Gasteiger partial charge in [0, 0.05) is 17.1 Å². The van der Waals surface area contributed by atoms with Crippen LogP contribution >= 0.6 is 11.3 Å². The van der Waals surface area contributed by atoms with Gasteiger partial charge < -0.3 is 9.97 Å². The number of thiophene rings is 1. The average molecular weight is 364 g/mol. The third-order valence-corrected chi connectivity index (χ3v) is 6.29. The summed E-state index contributed by atoms with van der Waals surface area (Å²) in [7, 11) is 0. The Hall–Kier alpha value is -2.44. The molecule has 0 atom stereocenters. The van der Waals surface area contributed by atoms with Crippen LogP contribution in [0, 0.1) is 0 Å². The van der Waals surface area contributed by atoms with Gasteiger partial charge in [0.15, 0.2) is 0 Å². The fraction of sp³-hybridized carbons (Fsp3) is 0.300. The number of fused-ring (bicyclic) bond motifs is 2. The molecule has 0 unspecified atom stereocenters. The van der Waals surface area contributed by atoms with E-state index in [1.807, 2.05) is 11.4 Å². The van der Waals surface area contributed by atoms with E-state index in [0.29, 0.717) is 17.2 Å². The number of aromatic nitrogens is 3. The van der Waals surface area contributed by atoms with Gasteiger partial charge in [-0.05, 0) is 54.9 Å². The standard InChI is InChI=1S/C20H20N4OS/c25-20-19-17(7-10-26-19)22-18(23-20)12-24-8-5-13(6-9-24)15-11-21-16-4-2-1-3-14(15)16/h1-4,7,10-11,13,21H,5-6,8-9,12H2,(H,22,23,25). The fourth-order valence-electron chi connectivity index (χ4n) is 4.04. The van der Waals surface area contributed by atoms with Gasteiger partial charge in [-0.3, -0.25) is 9.69 Å². The van der Waals surface area contributed by atoms with Crippen LogP contribution in [0.15, 0.2) is 46.7 Å². The highest BCUT2D eigenvalue weighted by atomic mass is 32.1. The normalized spacial score (nSPS) is 16.6. The van der Waals surface area contributed by atoms with Crippen LogP contribution < -0.4 is 5.56 Å². The van der Waals surface area contributed by atoms with Crippen LogP contribution in [0.1, 0.15) is 30.1 Å². The summed E-state index contributed by atoms with van der Waals surface area (Å²) in [6.07, 6.45) is 4.44. The van der Waals surface area contributed by atoms with Gasteiger partial charge in [-0.1, -0.05) is 18.2 Å². The summed E-state index contributed by atoms with van der Waals surface area (Å²) < 4.78 is 0.715. The van der Waals surface area contributed by atoms with Crippen molar-refractivity contribution in [2.24, 2.45) is 0 Å². The zero-order valence-corrected chi connectivity index (χ0v) is 15.2. The second kappa shape index (κ2) is 6.37. The van der Waals surface area contributed by atoms with E-state index in [2.05, 4.69) is 50.3 Å². The highest BCUT2D eigenvalue weighted by Crippen LogP contribution is 2.33. The van der Waals surface area contributed by atoms with Crippen molar-refractivity contribution in [2.75, 3.05) is 13.1 Å². The molecular weight excluding hydrogens is 344 g/mol. The number of aromatic amines is 2. The molecule has 0 spiro atoms. The van der Waals surface area contributed by atoms with E-state index in [0.717, 1.165) is 37.3 Å². The maximum absolute atomic E-state index is 12.1. The Morgan fingerprint density at radius 3 is 2.92 bits per heavy atom. The van der Waals surface area contributed by atoms with E-state index in [4.69, 9.17) is 0 Å². The van der Waals surface area contributed by atoms with Crippen LogP contribution in [0.3, 0.4) is 0 Å². The van der Waals surface area contributed by atoms with Crippen molar-refractivity contribution in [3.63, 3.8) is 0 Å². The molecule has 2 N–H and O–H groups in total. The van der Waals surface area contributed by atoms with Gasteiger partial charge in [-0.2, -0.15) is 0 Å². The van der Waals surface area contributed by atoms with Crippen LogP contribution in [-0.4, -0.2) is 32.9 Å². The molecule has 6 heteroatoms. The maximum atomic E-state index is 12.1. The number of benzene rings is 1. The van der Waals surface area contributed by atoms with Gasteiger partial charge in [-0.25, -0.2) is 4.98 Å². The van der Waals surface area contributed by atoms with Crippen molar-refractivity contribution in [3.8, 4) is 0 Å². The highest BCUT2D eigenvalue weighted by Gasteiger charge is 2.23. The van der Waals surface area contributed by atoms with Crippen molar-refractivity contribution in [3.05, 3.63) is 63.7 Å². The lowest BCUT2D eigenvalue weighted by Gasteiger charge is -2.31. The molecule has 26 heavy (non-hydrogen) atoms. The molecule has 1 aromatic carbocycles. The number of hydrogen-bond acceptors (Lipinski definition) is 4. The fourth-order valence-corrected chi connectivity index (χ4v) is 4.77. The lowest BCUT2D eigenvalue weighted by atomic mass is 9.89. The second-order valence-electron chi connectivity index (χ2n) is 6.99. The smallest absolute Gasteiger partial charge is 0.268 e. The third kappa shape index (κ3) is 2.75. The van der Waals surface area contributed by atoms with E-state index in [1.165, 1.54) is 27.8 Å². The van der Waals surface area contributed by atoms with E-state index < -0.39 is 0 Å². The van der Waals surface area contributed by atoms with Crippen LogP contribution in [0.4, 0.5) is 0 Å². The highest BCUT2D eigenvalue weighted by molar-refractivity contribution is 7.17. The molecule has 1 aliphatic rings. The predicted octanol–water partition coefficient (Wildman–Crippen LogP) is 3.85. The van der Waals surface area contributed by atoms with Crippen molar-refractivity contribution in [1.29, 1.82) is 0 Å². The van der Waals surface area contributed by atoms with Crippen LogP contribution in [0.5, 0.6) is 0 Å². The molecule has 3 aromatic heterocycles. The SMILES string of the molecule is O=c1[nH]c(CN2CCC(c3c[nH]c4ccccc34)CC2)nc2ccsc12. The van der Waals surface area contributed by atoms with Gasteiger partial charge >= 0.3 is 0 Å². The minimum Gasteiger partial charge on any atom is -0.361 e. The van der Waals surface area contributed by atoms with Crippen molar-refractivity contribution in [2.45, 2.75) is 25.3 Å². The first-order valence-corrected chi connectivity index (χ1v) is 9.90. The number of rotatable bonds is 3. The quantitative estimate of drug-likeness (QED) is 0.580. The zero-order chi connectivity index (χ0) is 17.5. The summed E-state index contributed by atoms with van der Waals surface area (Å²) in [5.41, 5.74) is 3.44. The van der Waals surface area contributed by atoms with Gasteiger partial charge in [0.2, 0.25) is 0 Å². The summed E-state index contributed by atoms with van der Waals surface area (Å²) in [4.78, 5) is 25.5. The zero-order valence-electron chi connectivity index (χ0n) is 14.4. The molecule has 4 aromatic rings. The maximum Gasteiger partial charge on any atom is 0.268 e. The summed E-state index contributed by atoms with van der Waals surface area (Å²) in [6.45, 7) is 2.76. The van der Waals surface area contributed by atoms with Gasteiger partial charge in [0.25, 0.3) is 5.56 Å². The molecule has 0 amide bonds. The van der Waals surface area contributed by atoms with E-state index in [9.17, 15) is 4.79 Å². The summed E-state index contributed by atoms with van der Waals surface area (Å²) in [5, 5.41) is 3.27. The van der Waals surface area contributed by atoms with Gasteiger partial charge in [0.05, 0.1) is 12.1 Å². The van der Waals surface area contributed by atoms with Gasteiger partial charge in [0.1, 0.15) is 10.5 Å². The minimum atomic E-state index is -0.0197. The van der Waals surface area contributed by atoms with Crippen LogP contribution in [-0.2, 0) is 6.54 Å². The molecule has 0 saturated carbocycles. The summed E-state index contributed by atoms with van der Waals surface area (Å²) in [5.74, 6) is 1.36. The Bertz CT molecular complexity index is 1120. The number of nitrogens with one attached hydrogen (secondary N) is 2. The Kier molecular flexibility index (Phi) is 3.87. The molecule has 1 aliphatic heterocycles. The molecule has 0 aliphatic carbocycles. The number of likely N-dealkylation sites (tertiary alicyclic amines) is 1. The molecule has 0 bridgehead atoms. The third-order valence-electron chi connectivity index (χ3n) is 5.39. The van der Waals surface area contributed by atoms with E-state index in [-0.39, 0.29) is 5.56 Å². The minimum absolute atomic E-state index is 0.0197. The summed E-state index contributed by atoms with van der Waals surface area (Å²) >= 11 is 1.45. The van der Waals surface area contributed by atoms with E-state index >= 15 is 0 Å². The Morgan fingerprint density at radius 1 is 1.19 bits per heavy atom. The first-order valence-electron chi connectivity index (χ1n) is 9.03. The van der Waals surface area contributed by atoms with Gasteiger partial charge in [-0.15, -0.1) is 11.3 Å². The topological polar surface area (TPSA) is 64.8 Å². The number of H-pyrrole nitrogens is 2. The number of piperidine rings is 1. The largest absolute Gasteiger partial charge is 0.361 e. The second-order valence-corrected chi connectivity index (χ2v) is 7.90. The van der Waals surface area contributed by atoms with Crippen molar-refractivity contribution >= 4 is 32.5 Å². The monoisotopic (exact) mass is 364 g/mol. The Labute approximate surface area is 154 Å². The van der Waals surface area contributed by atoms with Crippen LogP contribution in [0.2, 0.25) is 0 Å². The molecule has 5 nitrogen and oxygen atoms in total. The molecule has 4 heterocycles. The van der Waals surface area contributed by atoms with E-state index in [1.54, 1.807) is 0 Å². The molecule has 132 valence electrons. The van der Waals surface area contributed by atoms with Crippen molar-refractivity contribution in [1.82, 2.24) is 19.9 Å². The molecule has 5 rings (SSSR count).